The zero-order valence-corrected chi connectivity index (χ0v) is 8.11. The molecule has 0 spiro atoms. The van der Waals surface area contributed by atoms with Gasteiger partial charge in [0.15, 0.2) is 11.5 Å². The van der Waals surface area contributed by atoms with E-state index in [1.807, 2.05) is 0 Å². The summed E-state index contributed by atoms with van der Waals surface area (Å²) in [6.45, 7) is 3.55. The normalized spacial score (nSPS) is 10.2. The third-order valence-corrected chi connectivity index (χ3v) is 1.77. The lowest BCUT2D eigenvalue weighted by molar-refractivity contribution is -0.118. The number of amides is 1. The molecule has 4 nitrogen and oxygen atoms in total. The molecule has 0 saturated heterocycles. The third kappa shape index (κ3) is 2.39. The molecule has 0 atom stereocenters. The van der Waals surface area contributed by atoms with Gasteiger partial charge in [0.25, 0.3) is 0 Å². The molecular weight excluding hydrogens is 182 g/mol. The fourth-order valence-electron chi connectivity index (χ4n) is 0.888. The van der Waals surface area contributed by atoms with E-state index in [2.05, 4.69) is 5.32 Å². The summed E-state index contributed by atoms with van der Waals surface area (Å²) in [5, 5.41) is 20.8. The highest BCUT2D eigenvalue weighted by atomic mass is 16.3. The molecule has 0 bridgehead atoms. The Balaban J connectivity index is 2.78. The first-order valence-electron chi connectivity index (χ1n) is 4.33. The topological polar surface area (TPSA) is 69.6 Å². The largest absolute Gasteiger partial charge is 0.504 e. The van der Waals surface area contributed by atoms with Gasteiger partial charge in [-0.3, -0.25) is 4.79 Å². The third-order valence-electron chi connectivity index (χ3n) is 1.77. The van der Waals surface area contributed by atoms with Gasteiger partial charge in [0, 0.05) is 17.7 Å². The molecule has 4 heteroatoms. The molecule has 0 heterocycles. The first kappa shape index (κ1) is 10.4. The van der Waals surface area contributed by atoms with Crippen molar-refractivity contribution in [2.24, 2.45) is 5.92 Å². The smallest absolute Gasteiger partial charge is 0.226 e. The van der Waals surface area contributed by atoms with Crippen molar-refractivity contribution in [2.45, 2.75) is 13.8 Å². The highest BCUT2D eigenvalue weighted by Crippen LogP contribution is 2.27. The first-order chi connectivity index (χ1) is 6.50. The van der Waals surface area contributed by atoms with Gasteiger partial charge in [-0.25, -0.2) is 0 Å². The molecule has 0 saturated carbocycles. The fourth-order valence-corrected chi connectivity index (χ4v) is 0.888. The molecule has 3 N–H and O–H groups in total. The Morgan fingerprint density at radius 2 is 1.93 bits per heavy atom. The van der Waals surface area contributed by atoms with Crippen molar-refractivity contribution in [3.05, 3.63) is 18.2 Å². The van der Waals surface area contributed by atoms with E-state index in [0.29, 0.717) is 5.69 Å². The van der Waals surface area contributed by atoms with Crippen LogP contribution in [0, 0.1) is 5.92 Å². The summed E-state index contributed by atoms with van der Waals surface area (Å²) in [6, 6.07) is 4.15. The van der Waals surface area contributed by atoms with Crippen LogP contribution in [-0.2, 0) is 4.79 Å². The molecular formula is C10H13NO3. The number of benzene rings is 1. The summed E-state index contributed by atoms with van der Waals surface area (Å²) in [7, 11) is 0. The molecule has 0 aliphatic rings. The summed E-state index contributed by atoms with van der Waals surface area (Å²) in [5.74, 6) is -0.694. The summed E-state index contributed by atoms with van der Waals surface area (Å²) in [5.41, 5.74) is 0.471. The van der Waals surface area contributed by atoms with Crippen LogP contribution >= 0.6 is 0 Å². The van der Waals surface area contributed by atoms with Crippen molar-refractivity contribution in [2.75, 3.05) is 5.32 Å². The van der Waals surface area contributed by atoms with E-state index in [1.165, 1.54) is 18.2 Å². The van der Waals surface area contributed by atoms with Gasteiger partial charge in [0.1, 0.15) is 0 Å². The first-order valence-corrected chi connectivity index (χ1v) is 4.33. The molecule has 0 aliphatic heterocycles. The molecule has 0 aliphatic carbocycles. The number of carbonyl (C=O) groups is 1. The molecule has 0 fully saturated rings. The average Bonchev–Trinajstić information content (AvgIpc) is 2.11. The molecule has 0 aromatic heterocycles. The van der Waals surface area contributed by atoms with E-state index in [4.69, 9.17) is 10.2 Å². The van der Waals surface area contributed by atoms with Gasteiger partial charge in [0.05, 0.1) is 0 Å². The lowest BCUT2D eigenvalue weighted by atomic mass is 10.2. The SMILES string of the molecule is CC(C)C(=O)Nc1ccc(O)c(O)c1. The minimum Gasteiger partial charge on any atom is -0.504 e. The van der Waals surface area contributed by atoms with Gasteiger partial charge < -0.3 is 15.5 Å². The highest BCUT2D eigenvalue weighted by molar-refractivity contribution is 5.92. The average molecular weight is 195 g/mol. The van der Waals surface area contributed by atoms with Crippen molar-refractivity contribution >= 4 is 11.6 Å². The summed E-state index contributed by atoms with van der Waals surface area (Å²) < 4.78 is 0. The Bertz CT molecular complexity index is 347. The molecule has 76 valence electrons. The van der Waals surface area contributed by atoms with Gasteiger partial charge in [-0.15, -0.1) is 0 Å². The van der Waals surface area contributed by atoms with Crippen LogP contribution in [0.1, 0.15) is 13.8 Å². The minimum atomic E-state index is -0.244. The van der Waals surface area contributed by atoms with E-state index in [-0.39, 0.29) is 23.3 Å². The zero-order chi connectivity index (χ0) is 10.7. The fraction of sp³-hybridized carbons (Fsp3) is 0.300. The van der Waals surface area contributed by atoms with E-state index < -0.39 is 0 Å². The van der Waals surface area contributed by atoms with Gasteiger partial charge in [0.2, 0.25) is 5.91 Å². The second-order valence-electron chi connectivity index (χ2n) is 3.35. The second-order valence-corrected chi connectivity index (χ2v) is 3.35. The van der Waals surface area contributed by atoms with Crippen molar-refractivity contribution in [3.63, 3.8) is 0 Å². The van der Waals surface area contributed by atoms with Crippen molar-refractivity contribution in [3.8, 4) is 11.5 Å². The molecule has 1 aromatic carbocycles. The standard InChI is InChI=1S/C10H13NO3/c1-6(2)10(14)11-7-3-4-8(12)9(13)5-7/h3-6,12-13H,1-2H3,(H,11,14). The maximum Gasteiger partial charge on any atom is 0.226 e. The number of aromatic hydroxyl groups is 2. The molecule has 0 unspecified atom stereocenters. The number of phenols is 2. The Morgan fingerprint density at radius 1 is 1.29 bits per heavy atom. The molecule has 1 amide bonds. The summed E-state index contributed by atoms with van der Waals surface area (Å²) in [6.07, 6.45) is 0. The van der Waals surface area contributed by atoms with Gasteiger partial charge in [-0.1, -0.05) is 13.8 Å². The Morgan fingerprint density at radius 3 is 2.43 bits per heavy atom. The van der Waals surface area contributed by atoms with Gasteiger partial charge >= 0.3 is 0 Å². The van der Waals surface area contributed by atoms with Crippen LogP contribution < -0.4 is 5.32 Å². The monoisotopic (exact) mass is 195 g/mol. The molecule has 1 rings (SSSR count). The predicted molar refractivity (Wildman–Crippen MR) is 53.2 cm³/mol. The summed E-state index contributed by atoms with van der Waals surface area (Å²) >= 11 is 0. The predicted octanol–water partition coefficient (Wildman–Crippen LogP) is 1.69. The summed E-state index contributed by atoms with van der Waals surface area (Å²) in [4.78, 5) is 11.3. The lowest BCUT2D eigenvalue weighted by Crippen LogP contribution is -2.17. The van der Waals surface area contributed by atoms with Gasteiger partial charge in [-0.05, 0) is 12.1 Å². The zero-order valence-electron chi connectivity index (χ0n) is 8.11. The van der Waals surface area contributed by atoms with E-state index in [0.717, 1.165) is 0 Å². The number of carbonyl (C=O) groups excluding carboxylic acids is 1. The number of anilines is 1. The van der Waals surface area contributed by atoms with E-state index in [1.54, 1.807) is 13.8 Å². The molecule has 14 heavy (non-hydrogen) atoms. The number of phenolic OH excluding ortho intramolecular Hbond substituents is 2. The Labute approximate surface area is 82.2 Å². The molecule has 0 radical (unpaired) electrons. The second kappa shape index (κ2) is 4.00. The maximum atomic E-state index is 11.3. The lowest BCUT2D eigenvalue weighted by Gasteiger charge is -2.08. The van der Waals surface area contributed by atoms with Crippen molar-refractivity contribution in [1.82, 2.24) is 0 Å². The van der Waals surface area contributed by atoms with Crippen LogP contribution in [0.15, 0.2) is 18.2 Å². The number of hydrogen-bond donors (Lipinski definition) is 3. The number of nitrogens with one attached hydrogen (secondary N) is 1. The van der Waals surface area contributed by atoms with Crippen LogP contribution in [-0.4, -0.2) is 16.1 Å². The van der Waals surface area contributed by atoms with Crippen LogP contribution in [0.3, 0.4) is 0 Å². The number of hydrogen-bond acceptors (Lipinski definition) is 3. The van der Waals surface area contributed by atoms with Gasteiger partial charge in [-0.2, -0.15) is 0 Å². The van der Waals surface area contributed by atoms with Crippen LogP contribution in [0.4, 0.5) is 5.69 Å². The van der Waals surface area contributed by atoms with Crippen LogP contribution in [0.25, 0.3) is 0 Å². The highest BCUT2D eigenvalue weighted by Gasteiger charge is 2.08. The Kier molecular flexibility index (Phi) is 2.96. The molecule has 1 aromatic rings. The quantitative estimate of drug-likeness (QED) is 0.497. The Hall–Kier alpha value is -1.71. The van der Waals surface area contributed by atoms with Crippen molar-refractivity contribution < 1.29 is 15.0 Å². The van der Waals surface area contributed by atoms with Crippen LogP contribution in [0.5, 0.6) is 11.5 Å². The van der Waals surface area contributed by atoms with E-state index >= 15 is 0 Å². The van der Waals surface area contributed by atoms with Crippen molar-refractivity contribution in [1.29, 1.82) is 0 Å². The number of rotatable bonds is 2. The van der Waals surface area contributed by atoms with Crippen LogP contribution in [0.2, 0.25) is 0 Å². The van der Waals surface area contributed by atoms with E-state index in [9.17, 15) is 4.79 Å². The minimum absolute atomic E-state index is 0.119. The maximum absolute atomic E-state index is 11.3.